The number of rotatable bonds is 6. The second kappa shape index (κ2) is 7.95. The van der Waals surface area contributed by atoms with Crippen molar-refractivity contribution < 1.29 is 41.4 Å². The van der Waals surface area contributed by atoms with Crippen LogP contribution in [0.2, 0.25) is 0 Å². The van der Waals surface area contributed by atoms with Gasteiger partial charge in [0.05, 0.1) is 25.9 Å². The molecule has 0 amide bonds. The monoisotopic (exact) mass is 375 g/mol. The predicted octanol–water partition coefficient (Wildman–Crippen LogP) is 2.36. The van der Waals surface area contributed by atoms with Gasteiger partial charge in [-0.2, -0.15) is 18.4 Å². The number of Topliss-reactive ketones (excluding diaryl/α,β-unsaturated/α-hetero) is 1. The van der Waals surface area contributed by atoms with Crippen LogP contribution in [0.4, 0.5) is 17.6 Å². The Morgan fingerprint density at radius 1 is 1.04 bits per heavy atom. The molecule has 0 spiro atoms. The molecule has 140 valence electrons. The summed E-state index contributed by atoms with van der Waals surface area (Å²) in [5.74, 6) is -8.76. The summed E-state index contributed by atoms with van der Waals surface area (Å²) in [5, 5.41) is 8.67. The number of benzene rings is 1. The third-order valence-corrected chi connectivity index (χ3v) is 3.57. The second-order valence-electron chi connectivity index (χ2n) is 5.11. The van der Waals surface area contributed by atoms with E-state index < -0.39 is 41.9 Å². The van der Waals surface area contributed by atoms with E-state index in [4.69, 9.17) is 5.26 Å². The van der Waals surface area contributed by atoms with Gasteiger partial charge in [0.25, 0.3) is 0 Å². The highest BCUT2D eigenvalue weighted by atomic mass is 19.4. The molecule has 0 aromatic heterocycles. The minimum atomic E-state index is -5.43. The lowest BCUT2D eigenvalue weighted by atomic mass is 9.83. The van der Waals surface area contributed by atoms with Crippen LogP contribution >= 0.6 is 0 Å². The van der Waals surface area contributed by atoms with Gasteiger partial charge >= 0.3 is 23.8 Å². The summed E-state index contributed by atoms with van der Waals surface area (Å²) in [7, 11) is 1.19. The molecular weight excluding hydrogens is 362 g/mol. The minimum Gasteiger partial charge on any atom is -0.466 e. The van der Waals surface area contributed by atoms with Crippen LogP contribution in [-0.2, 0) is 19.1 Å². The van der Waals surface area contributed by atoms with E-state index in [9.17, 15) is 31.9 Å². The number of alkyl halides is 4. The highest BCUT2D eigenvalue weighted by Crippen LogP contribution is 2.41. The summed E-state index contributed by atoms with van der Waals surface area (Å²) in [6.45, 7) is 0. The fourth-order valence-corrected chi connectivity index (χ4v) is 2.18. The Morgan fingerprint density at radius 3 is 1.85 bits per heavy atom. The number of hydrogen-bond acceptors (Lipinski definition) is 6. The van der Waals surface area contributed by atoms with Crippen molar-refractivity contribution in [2.24, 2.45) is 5.92 Å². The van der Waals surface area contributed by atoms with E-state index in [-0.39, 0.29) is 11.1 Å². The van der Waals surface area contributed by atoms with Gasteiger partial charge in [0.2, 0.25) is 0 Å². The van der Waals surface area contributed by atoms with E-state index >= 15 is 0 Å². The summed E-state index contributed by atoms with van der Waals surface area (Å²) in [6.07, 6.45) is -6.98. The zero-order valence-corrected chi connectivity index (χ0v) is 13.6. The number of esters is 2. The molecule has 10 heteroatoms. The predicted molar refractivity (Wildman–Crippen MR) is 77.5 cm³/mol. The van der Waals surface area contributed by atoms with Crippen molar-refractivity contribution in [2.45, 2.75) is 18.3 Å². The molecule has 1 rings (SSSR count). The summed E-state index contributed by atoms with van der Waals surface area (Å²) in [5.41, 5.74) is -4.35. The minimum absolute atomic E-state index is 0.151. The first-order chi connectivity index (χ1) is 12.0. The molecule has 0 fully saturated rings. The van der Waals surface area contributed by atoms with Crippen LogP contribution in [0.15, 0.2) is 24.3 Å². The molecule has 0 saturated carbocycles. The smallest absolute Gasteiger partial charge is 0.396 e. The lowest BCUT2D eigenvalue weighted by Crippen LogP contribution is -2.55. The molecule has 0 aliphatic carbocycles. The molecule has 0 N–H and O–H groups in total. The van der Waals surface area contributed by atoms with Crippen molar-refractivity contribution in [3.8, 4) is 6.07 Å². The van der Waals surface area contributed by atoms with Gasteiger partial charge in [-0.3, -0.25) is 4.79 Å². The molecule has 1 atom stereocenters. The van der Waals surface area contributed by atoms with E-state index in [2.05, 4.69) is 9.47 Å². The first-order valence-corrected chi connectivity index (χ1v) is 6.98. The Hall–Kier alpha value is -2.96. The summed E-state index contributed by atoms with van der Waals surface area (Å²) in [6, 6.07) is 6.26. The molecular formula is C16H13F4NO5. The quantitative estimate of drug-likeness (QED) is 0.328. The van der Waals surface area contributed by atoms with Crippen molar-refractivity contribution >= 4 is 17.7 Å². The molecule has 0 radical (unpaired) electrons. The number of ether oxygens (including phenoxy) is 2. The Balaban J connectivity index is 3.32. The Kier molecular flexibility index (Phi) is 6.44. The van der Waals surface area contributed by atoms with Gasteiger partial charge in [-0.25, -0.2) is 14.0 Å². The Labute approximate surface area is 145 Å². The lowest BCUT2D eigenvalue weighted by Gasteiger charge is -2.30. The highest BCUT2D eigenvalue weighted by molar-refractivity contribution is 6.05. The maximum absolute atomic E-state index is 14.9. The van der Waals surface area contributed by atoms with Crippen molar-refractivity contribution in [2.75, 3.05) is 14.2 Å². The molecule has 0 unspecified atom stereocenters. The van der Waals surface area contributed by atoms with Crippen LogP contribution < -0.4 is 0 Å². The number of nitrogens with zero attached hydrogens (tertiary/aromatic N) is 1. The number of carbonyl (C=O) groups is 3. The molecule has 0 heterocycles. The maximum Gasteiger partial charge on any atom is 0.396 e. The summed E-state index contributed by atoms with van der Waals surface area (Å²) >= 11 is 0. The third-order valence-electron chi connectivity index (χ3n) is 3.57. The average Bonchev–Trinajstić information content (AvgIpc) is 2.62. The SMILES string of the molecule is COC(=O)C(F)(C(=O)OC)[C@H](CC(=O)c1ccc(C#N)cc1)C(F)(F)F. The van der Waals surface area contributed by atoms with E-state index in [1.54, 1.807) is 6.07 Å². The molecule has 6 nitrogen and oxygen atoms in total. The molecule has 1 aromatic carbocycles. The van der Waals surface area contributed by atoms with Gasteiger partial charge < -0.3 is 9.47 Å². The number of ketones is 1. The van der Waals surface area contributed by atoms with Crippen LogP contribution in [-0.4, -0.2) is 43.8 Å². The van der Waals surface area contributed by atoms with Gasteiger partial charge in [0.15, 0.2) is 5.78 Å². The Morgan fingerprint density at radius 2 is 1.50 bits per heavy atom. The second-order valence-corrected chi connectivity index (χ2v) is 5.11. The standard InChI is InChI=1S/C16H13F4NO5/c1-25-13(23)15(17,14(24)26-2)12(16(18,19)20)7-11(22)10-5-3-9(8-21)4-6-10/h3-6,12H,7H2,1-2H3/t12-/m0/s1. The molecule has 26 heavy (non-hydrogen) atoms. The largest absolute Gasteiger partial charge is 0.466 e. The van der Waals surface area contributed by atoms with Crippen LogP contribution in [0.3, 0.4) is 0 Å². The number of hydrogen-bond donors (Lipinski definition) is 0. The summed E-state index contributed by atoms with van der Waals surface area (Å²) in [4.78, 5) is 35.3. The number of methoxy groups -OCH3 is 2. The van der Waals surface area contributed by atoms with Crippen molar-refractivity contribution in [1.82, 2.24) is 0 Å². The molecule has 0 aliphatic heterocycles. The highest BCUT2D eigenvalue weighted by Gasteiger charge is 2.65. The lowest BCUT2D eigenvalue weighted by molar-refractivity contribution is -0.224. The van der Waals surface area contributed by atoms with Gasteiger partial charge in [0, 0.05) is 12.0 Å². The van der Waals surface area contributed by atoms with Gasteiger partial charge in [-0.15, -0.1) is 0 Å². The van der Waals surface area contributed by atoms with Crippen molar-refractivity contribution in [3.05, 3.63) is 35.4 Å². The van der Waals surface area contributed by atoms with Crippen molar-refractivity contribution in [1.29, 1.82) is 5.26 Å². The van der Waals surface area contributed by atoms with E-state index in [1.807, 2.05) is 0 Å². The maximum atomic E-state index is 14.9. The molecule has 1 aromatic rings. The van der Waals surface area contributed by atoms with Crippen molar-refractivity contribution in [3.63, 3.8) is 0 Å². The number of halogens is 4. The Bertz CT molecular complexity index is 720. The average molecular weight is 375 g/mol. The fraction of sp³-hybridized carbons (Fsp3) is 0.375. The van der Waals surface area contributed by atoms with Gasteiger partial charge in [0.1, 0.15) is 5.92 Å². The number of nitriles is 1. The van der Waals surface area contributed by atoms with Gasteiger partial charge in [-0.1, -0.05) is 12.1 Å². The zero-order chi connectivity index (χ0) is 20.1. The van der Waals surface area contributed by atoms with Crippen LogP contribution in [0.1, 0.15) is 22.3 Å². The normalized spacial score (nSPS) is 12.7. The van der Waals surface area contributed by atoms with Crippen LogP contribution in [0.5, 0.6) is 0 Å². The number of carbonyl (C=O) groups excluding carboxylic acids is 3. The van der Waals surface area contributed by atoms with Gasteiger partial charge in [-0.05, 0) is 12.1 Å². The molecule has 0 saturated heterocycles. The zero-order valence-electron chi connectivity index (χ0n) is 13.6. The van der Waals surface area contributed by atoms with Crippen LogP contribution in [0.25, 0.3) is 0 Å². The van der Waals surface area contributed by atoms with E-state index in [0.29, 0.717) is 14.2 Å². The van der Waals surface area contributed by atoms with E-state index in [0.717, 1.165) is 12.1 Å². The first kappa shape index (κ1) is 21.1. The molecule has 0 bridgehead atoms. The summed E-state index contributed by atoms with van der Waals surface area (Å²) < 4.78 is 62.9. The topological polar surface area (TPSA) is 93.5 Å². The third kappa shape index (κ3) is 4.17. The van der Waals surface area contributed by atoms with Crippen LogP contribution in [0, 0.1) is 17.2 Å². The molecule has 0 aliphatic rings. The first-order valence-electron chi connectivity index (χ1n) is 6.98. The fourth-order valence-electron chi connectivity index (χ4n) is 2.18. The van der Waals surface area contributed by atoms with E-state index in [1.165, 1.54) is 12.1 Å².